The predicted octanol–water partition coefficient (Wildman–Crippen LogP) is 2.96. The Morgan fingerprint density at radius 2 is 2.05 bits per heavy atom. The molecule has 3 N–H and O–H groups in total. The van der Waals surface area contributed by atoms with Crippen molar-refractivity contribution < 1.29 is 14.3 Å². The van der Waals surface area contributed by atoms with Crippen molar-refractivity contribution in [3.8, 4) is 0 Å². The number of nitrogens with two attached hydrogens (primary N) is 1. The number of nitrogens with one attached hydrogen (secondary N) is 1. The van der Waals surface area contributed by atoms with Crippen LogP contribution in [0.25, 0.3) is 0 Å². The lowest BCUT2D eigenvalue weighted by atomic mass is 10.2. The topological polar surface area (TPSA) is 73.6 Å². The van der Waals surface area contributed by atoms with Crippen LogP contribution in [0.3, 0.4) is 0 Å². The monoisotopic (exact) mass is 320 g/mol. The molecule has 0 spiro atoms. The zero-order chi connectivity index (χ0) is 15.0. The molecule has 5 nitrogen and oxygen atoms in total. The van der Waals surface area contributed by atoms with E-state index in [0.717, 1.165) is 6.42 Å². The summed E-state index contributed by atoms with van der Waals surface area (Å²) in [5.41, 5.74) is 6.46. The number of carbonyl (C=O) groups is 1. The van der Waals surface area contributed by atoms with Gasteiger partial charge in [-0.3, -0.25) is 4.79 Å². The summed E-state index contributed by atoms with van der Waals surface area (Å²) in [6.07, 6.45) is 1.03. The number of ether oxygens (including phenoxy) is 2. The van der Waals surface area contributed by atoms with Gasteiger partial charge in [-0.25, -0.2) is 0 Å². The summed E-state index contributed by atoms with van der Waals surface area (Å²) in [4.78, 5) is 11.7. The molecular formula is C13H18Cl2N2O3. The highest BCUT2D eigenvalue weighted by molar-refractivity contribution is 6.37. The maximum absolute atomic E-state index is 11.7. The zero-order valence-corrected chi connectivity index (χ0v) is 12.8. The Morgan fingerprint density at radius 1 is 1.30 bits per heavy atom. The number of rotatable bonds is 8. The predicted molar refractivity (Wildman–Crippen MR) is 81.4 cm³/mol. The molecule has 1 aromatic rings. The van der Waals surface area contributed by atoms with E-state index in [9.17, 15) is 4.79 Å². The molecular weight excluding hydrogens is 303 g/mol. The van der Waals surface area contributed by atoms with Crippen LogP contribution in [0.4, 0.5) is 11.4 Å². The summed E-state index contributed by atoms with van der Waals surface area (Å²) in [6.45, 7) is 1.54. The summed E-state index contributed by atoms with van der Waals surface area (Å²) in [5.74, 6) is -0.215. The normalized spacial score (nSPS) is 10.6. The summed E-state index contributed by atoms with van der Waals surface area (Å²) < 4.78 is 10.2. The molecule has 0 aliphatic rings. The van der Waals surface area contributed by atoms with Crippen molar-refractivity contribution >= 4 is 40.5 Å². The fourth-order valence-corrected chi connectivity index (χ4v) is 2.06. The molecule has 20 heavy (non-hydrogen) atoms. The number of methoxy groups -OCH3 is 1. The van der Waals surface area contributed by atoms with Gasteiger partial charge in [0, 0.05) is 25.3 Å². The van der Waals surface area contributed by atoms with E-state index in [0.29, 0.717) is 41.2 Å². The van der Waals surface area contributed by atoms with Gasteiger partial charge >= 0.3 is 0 Å². The smallest absolute Gasteiger partial charge is 0.226 e. The molecule has 0 bridgehead atoms. The van der Waals surface area contributed by atoms with Crippen LogP contribution >= 0.6 is 23.2 Å². The zero-order valence-electron chi connectivity index (χ0n) is 11.2. The van der Waals surface area contributed by atoms with Crippen LogP contribution in [0.5, 0.6) is 0 Å². The molecule has 0 radical (unpaired) electrons. The van der Waals surface area contributed by atoms with E-state index in [1.54, 1.807) is 7.11 Å². The Bertz CT molecular complexity index is 432. The minimum Gasteiger partial charge on any atom is -0.397 e. The fourth-order valence-electron chi connectivity index (χ4n) is 1.50. The first kappa shape index (κ1) is 17.0. The number of carbonyl (C=O) groups excluding carboxylic acids is 1. The minimum absolute atomic E-state index is 0.215. The second kappa shape index (κ2) is 9.02. The SMILES string of the molecule is COCCCOCCC(=O)Nc1c(N)cc(Cl)cc1Cl. The first-order chi connectivity index (χ1) is 9.54. The maximum Gasteiger partial charge on any atom is 0.226 e. The van der Waals surface area contributed by atoms with Crippen LogP contribution in [0.15, 0.2) is 12.1 Å². The van der Waals surface area contributed by atoms with E-state index in [1.165, 1.54) is 12.1 Å². The first-order valence-electron chi connectivity index (χ1n) is 6.15. The van der Waals surface area contributed by atoms with Crippen molar-refractivity contribution in [3.63, 3.8) is 0 Å². The minimum atomic E-state index is -0.215. The molecule has 7 heteroatoms. The Hall–Kier alpha value is -1.01. The van der Waals surface area contributed by atoms with E-state index in [2.05, 4.69) is 5.32 Å². The van der Waals surface area contributed by atoms with Gasteiger partial charge in [-0.15, -0.1) is 0 Å². The van der Waals surface area contributed by atoms with Gasteiger partial charge in [0.25, 0.3) is 0 Å². The van der Waals surface area contributed by atoms with Crippen LogP contribution in [0.1, 0.15) is 12.8 Å². The van der Waals surface area contributed by atoms with E-state index in [-0.39, 0.29) is 12.3 Å². The van der Waals surface area contributed by atoms with Crippen molar-refractivity contribution in [1.29, 1.82) is 0 Å². The van der Waals surface area contributed by atoms with Crippen LogP contribution < -0.4 is 11.1 Å². The average molecular weight is 321 g/mol. The average Bonchev–Trinajstić information content (AvgIpc) is 2.38. The van der Waals surface area contributed by atoms with Crippen LogP contribution in [0, 0.1) is 0 Å². The van der Waals surface area contributed by atoms with Gasteiger partial charge in [0.2, 0.25) is 5.91 Å². The molecule has 1 aromatic carbocycles. The van der Waals surface area contributed by atoms with Crippen molar-refractivity contribution in [1.82, 2.24) is 0 Å². The Balaban J connectivity index is 2.36. The largest absolute Gasteiger partial charge is 0.397 e. The summed E-state index contributed by atoms with van der Waals surface area (Å²) in [7, 11) is 1.63. The highest BCUT2D eigenvalue weighted by Gasteiger charge is 2.10. The second-order valence-corrected chi connectivity index (χ2v) is 4.95. The summed E-state index contributed by atoms with van der Waals surface area (Å²) >= 11 is 11.8. The highest BCUT2D eigenvalue weighted by Crippen LogP contribution is 2.32. The van der Waals surface area contributed by atoms with Crippen molar-refractivity contribution in [2.45, 2.75) is 12.8 Å². The molecule has 0 atom stereocenters. The van der Waals surface area contributed by atoms with Gasteiger partial charge in [0.15, 0.2) is 0 Å². The number of benzene rings is 1. The standard InChI is InChI=1S/C13H18Cl2N2O3/c1-19-4-2-5-20-6-3-12(18)17-13-10(15)7-9(14)8-11(13)16/h7-8H,2-6,16H2,1H3,(H,17,18). The maximum atomic E-state index is 11.7. The van der Waals surface area contributed by atoms with E-state index in [1.807, 2.05) is 0 Å². The quantitative estimate of drug-likeness (QED) is 0.570. The van der Waals surface area contributed by atoms with Gasteiger partial charge in [0.05, 0.1) is 29.4 Å². The summed E-state index contributed by atoms with van der Waals surface area (Å²) in [6, 6.07) is 3.06. The Morgan fingerprint density at radius 3 is 2.70 bits per heavy atom. The van der Waals surface area contributed by atoms with Crippen LogP contribution in [0.2, 0.25) is 10.0 Å². The third-order valence-corrected chi connectivity index (χ3v) is 2.98. The molecule has 0 aliphatic heterocycles. The molecule has 0 fully saturated rings. The molecule has 0 unspecified atom stereocenters. The van der Waals surface area contributed by atoms with Crippen LogP contribution in [-0.2, 0) is 14.3 Å². The number of amides is 1. The fraction of sp³-hybridized carbons (Fsp3) is 0.462. The van der Waals surface area contributed by atoms with Gasteiger partial charge in [-0.05, 0) is 18.6 Å². The van der Waals surface area contributed by atoms with E-state index in [4.69, 9.17) is 38.4 Å². The lowest BCUT2D eigenvalue weighted by Gasteiger charge is -2.11. The molecule has 1 rings (SSSR count). The van der Waals surface area contributed by atoms with Crippen molar-refractivity contribution in [2.75, 3.05) is 38.0 Å². The van der Waals surface area contributed by atoms with Gasteiger partial charge in [0.1, 0.15) is 0 Å². The van der Waals surface area contributed by atoms with Crippen LogP contribution in [-0.4, -0.2) is 32.8 Å². The molecule has 0 aliphatic carbocycles. The molecule has 1 amide bonds. The molecule has 112 valence electrons. The van der Waals surface area contributed by atoms with Gasteiger partial charge in [-0.2, -0.15) is 0 Å². The molecule has 0 saturated carbocycles. The second-order valence-electron chi connectivity index (χ2n) is 4.11. The molecule has 0 saturated heterocycles. The number of anilines is 2. The first-order valence-corrected chi connectivity index (χ1v) is 6.91. The molecule has 0 aromatic heterocycles. The van der Waals surface area contributed by atoms with E-state index >= 15 is 0 Å². The number of hydrogen-bond acceptors (Lipinski definition) is 4. The van der Waals surface area contributed by atoms with Gasteiger partial charge in [-0.1, -0.05) is 23.2 Å². The Labute approximate surface area is 128 Å². The number of nitrogen functional groups attached to an aromatic ring is 1. The Kier molecular flexibility index (Phi) is 7.69. The third-order valence-electron chi connectivity index (χ3n) is 2.46. The highest BCUT2D eigenvalue weighted by atomic mass is 35.5. The van der Waals surface area contributed by atoms with Crippen molar-refractivity contribution in [3.05, 3.63) is 22.2 Å². The van der Waals surface area contributed by atoms with Crippen molar-refractivity contribution in [2.24, 2.45) is 0 Å². The lowest BCUT2D eigenvalue weighted by molar-refractivity contribution is -0.117. The summed E-state index contributed by atoms with van der Waals surface area (Å²) in [5, 5.41) is 3.38. The third kappa shape index (κ3) is 5.96. The van der Waals surface area contributed by atoms with Gasteiger partial charge < -0.3 is 20.5 Å². The van der Waals surface area contributed by atoms with E-state index < -0.39 is 0 Å². The number of halogens is 2. The molecule has 0 heterocycles. The number of hydrogen-bond donors (Lipinski definition) is 2. The lowest BCUT2D eigenvalue weighted by Crippen LogP contribution is -2.16.